The van der Waals surface area contributed by atoms with Crippen LogP contribution in [0.1, 0.15) is 29.5 Å². The molecule has 1 aliphatic rings. The third-order valence-electron chi connectivity index (χ3n) is 5.66. The van der Waals surface area contributed by atoms with Crippen molar-refractivity contribution in [1.82, 2.24) is 24.5 Å². The first kappa shape index (κ1) is 31.5. The van der Waals surface area contributed by atoms with Crippen molar-refractivity contribution in [2.24, 2.45) is 0 Å². The maximum Gasteiger partial charge on any atom is 0.490 e. The Morgan fingerprint density at radius 3 is 2.22 bits per heavy atom. The second-order valence-electron chi connectivity index (χ2n) is 8.69. The van der Waals surface area contributed by atoms with E-state index in [2.05, 4.69) is 45.7 Å². The zero-order valence-corrected chi connectivity index (χ0v) is 21.8. The summed E-state index contributed by atoms with van der Waals surface area (Å²) in [5, 5.41) is 21.2. The van der Waals surface area contributed by atoms with Crippen LogP contribution in [0.4, 0.5) is 26.3 Å². The van der Waals surface area contributed by atoms with Gasteiger partial charge in [0.25, 0.3) is 0 Å². The Bertz CT molecular complexity index is 1400. The lowest BCUT2D eigenvalue weighted by molar-refractivity contribution is -0.193. The van der Waals surface area contributed by atoms with Crippen LogP contribution in [0.3, 0.4) is 0 Å². The fourth-order valence-electron chi connectivity index (χ4n) is 3.81. The molecule has 1 unspecified atom stereocenters. The second kappa shape index (κ2) is 13.5. The maximum absolute atomic E-state index is 10.6. The van der Waals surface area contributed by atoms with Gasteiger partial charge in [-0.25, -0.2) is 19.1 Å². The number of likely N-dealkylation sites (tertiary alicyclic amines) is 1. The zero-order chi connectivity index (χ0) is 30.2. The molecule has 5 heterocycles. The predicted molar refractivity (Wildman–Crippen MR) is 135 cm³/mol. The molecule has 0 aliphatic carbocycles. The van der Waals surface area contributed by atoms with Crippen molar-refractivity contribution in [3.63, 3.8) is 0 Å². The molecule has 16 heteroatoms. The number of thiophene rings is 1. The van der Waals surface area contributed by atoms with Crippen LogP contribution in [0.5, 0.6) is 0 Å². The zero-order valence-electron chi connectivity index (χ0n) is 21.0. The molecule has 1 saturated heterocycles. The lowest BCUT2D eigenvalue weighted by Crippen LogP contribution is -2.34. The minimum absolute atomic E-state index is 0.403. The first-order valence-electron chi connectivity index (χ1n) is 11.9. The number of carbonyl (C=O) groups is 2. The van der Waals surface area contributed by atoms with Crippen molar-refractivity contribution in [2.75, 3.05) is 13.1 Å². The maximum atomic E-state index is 10.6. The highest BCUT2D eigenvalue weighted by molar-refractivity contribution is 7.09. The van der Waals surface area contributed by atoms with Crippen LogP contribution in [-0.4, -0.2) is 72.1 Å². The van der Waals surface area contributed by atoms with E-state index in [4.69, 9.17) is 29.9 Å². The fraction of sp³-hybridized carbons (Fsp3) is 0.320. The van der Waals surface area contributed by atoms with E-state index >= 15 is 0 Å². The standard InChI is InChI=1S/C21H21N5S.2C2HF3O2/c1-4-16(12-22-9-1)17-7-8-20-23-21(24-26(20)14-17)18-5-2-10-25(13-18)15-19-6-3-11-27-19;2*3-2(4,5)1(6)7/h1,3-4,6-9,11-12,14,18H,2,5,10,13,15H2;2*(H,6,7). The first-order chi connectivity index (χ1) is 19.2. The number of nitrogens with zero attached hydrogens (tertiary/aromatic N) is 5. The molecule has 1 fully saturated rings. The van der Waals surface area contributed by atoms with Crippen LogP contribution in [0.2, 0.25) is 0 Å². The lowest BCUT2D eigenvalue weighted by atomic mass is 9.97. The number of carboxylic acids is 2. The molecule has 220 valence electrons. The average Bonchev–Trinajstić information content (AvgIpc) is 3.58. The Morgan fingerprint density at radius 1 is 0.976 bits per heavy atom. The molecule has 0 aromatic carbocycles. The summed E-state index contributed by atoms with van der Waals surface area (Å²) in [6.45, 7) is 3.23. The normalized spacial score (nSPS) is 15.8. The molecule has 1 atom stereocenters. The van der Waals surface area contributed by atoms with Gasteiger partial charge in [-0.3, -0.25) is 9.88 Å². The summed E-state index contributed by atoms with van der Waals surface area (Å²) in [5.74, 6) is -4.14. The number of aliphatic carboxylic acids is 2. The Morgan fingerprint density at radius 2 is 1.66 bits per heavy atom. The molecule has 2 N–H and O–H groups in total. The lowest BCUT2D eigenvalue weighted by Gasteiger charge is -2.30. The Balaban J connectivity index is 0.000000276. The Hall–Kier alpha value is -4.05. The van der Waals surface area contributed by atoms with E-state index in [9.17, 15) is 26.3 Å². The van der Waals surface area contributed by atoms with Crippen LogP contribution < -0.4 is 0 Å². The largest absolute Gasteiger partial charge is 0.490 e. The summed E-state index contributed by atoms with van der Waals surface area (Å²) in [6.07, 6.45) is -2.09. The van der Waals surface area contributed by atoms with Gasteiger partial charge in [0.05, 0.1) is 0 Å². The molecule has 0 saturated carbocycles. The minimum Gasteiger partial charge on any atom is -0.475 e. The van der Waals surface area contributed by atoms with E-state index in [1.807, 2.05) is 34.2 Å². The van der Waals surface area contributed by atoms with Crippen molar-refractivity contribution in [2.45, 2.75) is 37.7 Å². The molecule has 0 bridgehead atoms. The SMILES string of the molecule is O=C(O)C(F)(F)F.O=C(O)C(F)(F)F.c1cncc(-c2ccc3nc(C4CCCN(Cc5cccs5)C4)nn3c2)c1. The quantitative estimate of drug-likeness (QED) is 0.294. The van der Waals surface area contributed by atoms with Gasteiger partial charge in [-0.2, -0.15) is 31.4 Å². The number of halogens is 6. The summed E-state index contributed by atoms with van der Waals surface area (Å²) in [6, 6.07) is 12.5. The van der Waals surface area contributed by atoms with Crippen molar-refractivity contribution < 1.29 is 46.1 Å². The molecule has 5 rings (SSSR count). The molecule has 0 spiro atoms. The molecule has 9 nitrogen and oxygen atoms in total. The molecule has 41 heavy (non-hydrogen) atoms. The second-order valence-corrected chi connectivity index (χ2v) is 9.72. The van der Waals surface area contributed by atoms with Gasteiger partial charge in [0.2, 0.25) is 0 Å². The number of fused-ring (bicyclic) bond motifs is 1. The van der Waals surface area contributed by atoms with Gasteiger partial charge >= 0.3 is 24.3 Å². The summed E-state index contributed by atoms with van der Waals surface area (Å²) in [5.41, 5.74) is 3.11. The Kier molecular flexibility index (Phi) is 10.4. The predicted octanol–water partition coefficient (Wildman–Crippen LogP) is 5.50. The number of pyridine rings is 2. The van der Waals surface area contributed by atoms with E-state index < -0.39 is 24.3 Å². The number of hydrogen-bond acceptors (Lipinski definition) is 7. The van der Waals surface area contributed by atoms with Gasteiger partial charge in [-0.15, -0.1) is 11.3 Å². The molecule has 4 aromatic heterocycles. The van der Waals surface area contributed by atoms with Crippen LogP contribution in [0.25, 0.3) is 16.8 Å². The van der Waals surface area contributed by atoms with E-state index in [1.54, 1.807) is 6.20 Å². The number of alkyl halides is 6. The summed E-state index contributed by atoms with van der Waals surface area (Å²) in [4.78, 5) is 30.8. The highest BCUT2D eigenvalue weighted by atomic mass is 32.1. The van der Waals surface area contributed by atoms with Gasteiger partial charge in [0.15, 0.2) is 11.5 Å². The number of piperidine rings is 1. The molecule has 0 amide bonds. The fourth-order valence-corrected chi connectivity index (χ4v) is 4.56. The monoisotopic (exact) mass is 603 g/mol. The molecule has 0 radical (unpaired) electrons. The smallest absolute Gasteiger partial charge is 0.475 e. The third kappa shape index (κ3) is 9.53. The van der Waals surface area contributed by atoms with E-state index in [0.29, 0.717) is 5.92 Å². The molecule has 1 aliphatic heterocycles. The van der Waals surface area contributed by atoms with Crippen molar-refractivity contribution in [3.05, 3.63) is 71.1 Å². The molecular weight excluding hydrogens is 580 g/mol. The van der Waals surface area contributed by atoms with Gasteiger partial charge < -0.3 is 10.2 Å². The average molecular weight is 604 g/mol. The highest BCUT2D eigenvalue weighted by Gasteiger charge is 2.38. The minimum atomic E-state index is -5.08. The van der Waals surface area contributed by atoms with Crippen molar-refractivity contribution in [3.8, 4) is 11.1 Å². The summed E-state index contributed by atoms with van der Waals surface area (Å²) < 4.78 is 65.4. The van der Waals surface area contributed by atoms with E-state index in [1.165, 1.54) is 11.3 Å². The molecular formula is C25H23F6N5O4S. The first-order valence-corrected chi connectivity index (χ1v) is 12.7. The Labute approximate surface area is 232 Å². The van der Waals surface area contributed by atoms with Gasteiger partial charge in [-0.1, -0.05) is 12.1 Å². The summed E-state index contributed by atoms with van der Waals surface area (Å²) >= 11 is 1.83. The number of hydrogen-bond donors (Lipinski definition) is 2. The summed E-state index contributed by atoms with van der Waals surface area (Å²) in [7, 11) is 0. The van der Waals surface area contributed by atoms with Gasteiger partial charge in [0.1, 0.15) is 0 Å². The van der Waals surface area contributed by atoms with Crippen molar-refractivity contribution >= 4 is 28.9 Å². The molecule has 4 aromatic rings. The van der Waals surface area contributed by atoms with E-state index in [0.717, 1.165) is 48.7 Å². The van der Waals surface area contributed by atoms with Crippen LogP contribution >= 0.6 is 11.3 Å². The number of carboxylic acid groups (broad SMARTS) is 2. The number of rotatable bonds is 4. The third-order valence-corrected chi connectivity index (χ3v) is 6.52. The highest BCUT2D eigenvalue weighted by Crippen LogP contribution is 2.27. The van der Waals surface area contributed by atoms with E-state index in [-0.39, 0.29) is 0 Å². The van der Waals surface area contributed by atoms with Crippen molar-refractivity contribution in [1.29, 1.82) is 0 Å². The van der Waals surface area contributed by atoms with Gasteiger partial charge in [0, 0.05) is 53.6 Å². The van der Waals surface area contributed by atoms with Crippen LogP contribution in [0, 0.1) is 0 Å². The van der Waals surface area contributed by atoms with Crippen LogP contribution in [-0.2, 0) is 16.1 Å². The number of aromatic nitrogens is 4. The van der Waals surface area contributed by atoms with Crippen LogP contribution in [0.15, 0.2) is 60.4 Å². The van der Waals surface area contributed by atoms with Gasteiger partial charge in [-0.05, 0) is 49.0 Å². The topological polar surface area (TPSA) is 121 Å².